The smallest absolute Gasteiger partial charge is 0.264 e. The van der Waals surface area contributed by atoms with Gasteiger partial charge in [-0.05, 0) is 55.6 Å². The standard InChI is InChI=1S/C22H22N2O3S2/c1-3-24(18-11-5-4-6-12-18)29(26,27)19-13-9-10-17(16-19)22(25)23-20-14-7-8-15-21(20)28-2/h4-16H,3H2,1-2H3,(H,23,25). The van der Waals surface area contributed by atoms with E-state index in [9.17, 15) is 13.2 Å². The molecule has 0 aliphatic heterocycles. The minimum absolute atomic E-state index is 0.0778. The zero-order valence-electron chi connectivity index (χ0n) is 16.2. The number of sulfonamides is 1. The van der Waals surface area contributed by atoms with Gasteiger partial charge in [-0.3, -0.25) is 9.10 Å². The Hall–Kier alpha value is -2.77. The summed E-state index contributed by atoms with van der Waals surface area (Å²) in [5, 5.41) is 2.86. The van der Waals surface area contributed by atoms with Gasteiger partial charge in [-0.1, -0.05) is 36.4 Å². The second-order valence-corrected chi connectivity index (χ2v) is 8.90. The summed E-state index contributed by atoms with van der Waals surface area (Å²) >= 11 is 1.53. The van der Waals surface area contributed by atoms with E-state index in [1.165, 1.54) is 28.2 Å². The molecule has 7 heteroatoms. The first-order valence-corrected chi connectivity index (χ1v) is 11.8. The number of thioether (sulfide) groups is 1. The Labute approximate surface area is 175 Å². The van der Waals surface area contributed by atoms with Crippen molar-refractivity contribution in [1.82, 2.24) is 0 Å². The zero-order chi connectivity index (χ0) is 20.9. The molecule has 0 heterocycles. The molecule has 0 atom stereocenters. The largest absolute Gasteiger partial charge is 0.321 e. The van der Waals surface area contributed by atoms with Crippen molar-refractivity contribution in [3.63, 3.8) is 0 Å². The monoisotopic (exact) mass is 426 g/mol. The Kier molecular flexibility index (Phi) is 6.61. The van der Waals surface area contributed by atoms with Crippen molar-refractivity contribution >= 4 is 39.1 Å². The van der Waals surface area contributed by atoms with Gasteiger partial charge in [-0.2, -0.15) is 0 Å². The average Bonchev–Trinajstić information content (AvgIpc) is 2.75. The number of para-hydroxylation sites is 2. The minimum atomic E-state index is -3.80. The van der Waals surface area contributed by atoms with E-state index in [2.05, 4.69) is 5.32 Å². The molecule has 0 radical (unpaired) electrons. The molecule has 0 spiro atoms. The lowest BCUT2D eigenvalue weighted by Crippen LogP contribution is -2.31. The third-order valence-electron chi connectivity index (χ3n) is 4.37. The van der Waals surface area contributed by atoms with Crippen molar-refractivity contribution in [1.29, 1.82) is 0 Å². The van der Waals surface area contributed by atoms with Crippen molar-refractivity contribution in [2.45, 2.75) is 16.7 Å². The maximum Gasteiger partial charge on any atom is 0.264 e. The summed E-state index contributed by atoms with van der Waals surface area (Å²) in [6.45, 7) is 2.06. The molecule has 0 fully saturated rings. The summed E-state index contributed by atoms with van der Waals surface area (Å²) in [6.07, 6.45) is 1.93. The quantitative estimate of drug-likeness (QED) is 0.547. The van der Waals surface area contributed by atoms with Crippen LogP contribution in [0.1, 0.15) is 17.3 Å². The molecule has 3 aromatic carbocycles. The SMILES string of the molecule is CCN(c1ccccc1)S(=O)(=O)c1cccc(C(=O)Nc2ccccc2SC)c1. The highest BCUT2D eigenvalue weighted by atomic mass is 32.2. The number of carbonyl (C=O) groups is 1. The van der Waals surface area contributed by atoms with E-state index in [4.69, 9.17) is 0 Å². The van der Waals surface area contributed by atoms with Gasteiger partial charge < -0.3 is 5.32 Å². The Bertz CT molecular complexity index is 1100. The predicted molar refractivity (Wildman–Crippen MR) is 119 cm³/mol. The lowest BCUT2D eigenvalue weighted by molar-refractivity contribution is 0.102. The van der Waals surface area contributed by atoms with Gasteiger partial charge in [0.05, 0.1) is 16.3 Å². The van der Waals surface area contributed by atoms with Crippen molar-refractivity contribution in [2.75, 3.05) is 22.4 Å². The molecule has 0 aromatic heterocycles. The fourth-order valence-corrected chi connectivity index (χ4v) is 5.03. The minimum Gasteiger partial charge on any atom is -0.321 e. The second-order valence-electron chi connectivity index (χ2n) is 6.19. The molecule has 0 aliphatic rings. The lowest BCUT2D eigenvalue weighted by Gasteiger charge is -2.23. The number of anilines is 2. The third-order valence-corrected chi connectivity index (χ3v) is 7.07. The fraction of sp³-hybridized carbons (Fsp3) is 0.136. The van der Waals surface area contributed by atoms with Crippen LogP contribution in [0.4, 0.5) is 11.4 Å². The summed E-state index contributed by atoms with van der Waals surface area (Å²) in [5.74, 6) is -0.355. The van der Waals surface area contributed by atoms with E-state index < -0.39 is 10.0 Å². The molecule has 0 bridgehead atoms. The zero-order valence-corrected chi connectivity index (χ0v) is 17.8. The first kappa shape index (κ1) is 21.0. The number of nitrogens with zero attached hydrogens (tertiary/aromatic N) is 1. The number of rotatable bonds is 7. The second kappa shape index (κ2) is 9.15. The molecule has 3 aromatic rings. The molecule has 150 valence electrons. The van der Waals surface area contributed by atoms with E-state index in [0.717, 1.165) is 4.90 Å². The van der Waals surface area contributed by atoms with Crippen LogP contribution < -0.4 is 9.62 Å². The predicted octanol–water partition coefficient (Wildman–Crippen LogP) is 4.88. The van der Waals surface area contributed by atoms with Gasteiger partial charge in [0.1, 0.15) is 0 Å². The van der Waals surface area contributed by atoms with E-state index in [1.807, 2.05) is 36.6 Å². The topological polar surface area (TPSA) is 66.5 Å². The van der Waals surface area contributed by atoms with E-state index in [-0.39, 0.29) is 22.9 Å². The van der Waals surface area contributed by atoms with Gasteiger partial charge >= 0.3 is 0 Å². The molecule has 5 nitrogen and oxygen atoms in total. The van der Waals surface area contributed by atoms with Crippen molar-refractivity contribution < 1.29 is 13.2 Å². The molecule has 0 unspecified atom stereocenters. The van der Waals surface area contributed by atoms with Crippen LogP contribution in [-0.2, 0) is 10.0 Å². The average molecular weight is 427 g/mol. The van der Waals surface area contributed by atoms with Crippen LogP contribution in [0.3, 0.4) is 0 Å². The lowest BCUT2D eigenvalue weighted by atomic mass is 10.2. The van der Waals surface area contributed by atoms with Gasteiger partial charge in [0.25, 0.3) is 15.9 Å². The number of hydrogen-bond donors (Lipinski definition) is 1. The van der Waals surface area contributed by atoms with Crippen LogP contribution in [0.5, 0.6) is 0 Å². The Morgan fingerprint density at radius 1 is 0.966 bits per heavy atom. The number of benzene rings is 3. The van der Waals surface area contributed by atoms with Crippen LogP contribution in [0.2, 0.25) is 0 Å². The van der Waals surface area contributed by atoms with Gasteiger partial charge in [-0.25, -0.2) is 8.42 Å². The molecule has 29 heavy (non-hydrogen) atoms. The summed E-state index contributed by atoms with van der Waals surface area (Å²) in [4.78, 5) is 13.8. The molecule has 3 rings (SSSR count). The van der Waals surface area contributed by atoms with Crippen LogP contribution in [-0.4, -0.2) is 27.1 Å². The number of amides is 1. The first-order valence-electron chi connectivity index (χ1n) is 9.09. The Morgan fingerprint density at radius 2 is 1.66 bits per heavy atom. The number of nitrogens with one attached hydrogen (secondary N) is 1. The van der Waals surface area contributed by atoms with E-state index >= 15 is 0 Å². The number of carbonyl (C=O) groups excluding carboxylic acids is 1. The van der Waals surface area contributed by atoms with Gasteiger partial charge in [-0.15, -0.1) is 11.8 Å². The molecular formula is C22H22N2O3S2. The molecular weight excluding hydrogens is 404 g/mol. The third kappa shape index (κ3) is 4.63. The fourth-order valence-electron chi connectivity index (χ4n) is 2.95. The van der Waals surface area contributed by atoms with Crippen LogP contribution in [0.15, 0.2) is 88.7 Å². The normalized spacial score (nSPS) is 11.1. The highest BCUT2D eigenvalue weighted by Gasteiger charge is 2.24. The highest BCUT2D eigenvalue weighted by Crippen LogP contribution is 2.26. The maximum atomic E-state index is 13.2. The molecule has 1 amide bonds. The molecule has 0 aliphatic carbocycles. The van der Waals surface area contributed by atoms with E-state index in [0.29, 0.717) is 11.4 Å². The first-order chi connectivity index (χ1) is 14.0. The van der Waals surface area contributed by atoms with Gasteiger partial charge in [0.2, 0.25) is 0 Å². The van der Waals surface area contributed by atoms with Crippen LogP contribution in [0.25, 0.3) is 0 Å². The van der Waals surface area contributed by atoms with Crippen LogP contribution in [0, 0.1) is 0 Å². The molecule has 0 saturated carbocycles. The van der Waals surface area contributed by atoms with Crippen molar-refractivity contribution in [3.05, 3.63) is 84.4 Å². The van der Waals surface area contributed by atoms with Gasteiger partial charge in [0.15, 0.2) is 0 Å². The number of hydrogen-bond acceptors (Lipinski definition) is 4. The summed E-state index contributed by atoms with van der Waals surface area (Å²) < 4.78 is 27.7. The maximum absolute atomic E-state index is 13.2. The Morgan fingerprint density at radius 3 is 2.34 bits per heavy atom. The van der Waals surface area contributed by atoms with Crippen molar-refractivity contribution in [3.8, 4) is 0 Å². The molecule has 0 saturated heterocycles. The van der Waals surface area contributed by atoms with Crippen LogP contribution >= 0.6 is 11.8 Å². The van der Waals surface area contributed by atoms with Gasteiger partial charge in [0, 0.05) is 17.0 Å². The summed E-state index contributed by atoms with van der Waals surface area (Å²) in [6, 6.07) is 22.5. The van der Waals surface area contributed by atoms with E-state index in [1.54, 1.807) is 43.3 Å². The highest BCUT2D eigenvalue weighted by molar-refractivity contribution is 7.98. The molecule has 1 N–H and O–H groups in total. The Balaban J connectivity index is 1.91. The van der Waals surface area contributed by atoms with Crippen molar-refractivity contribution in [2.24, 2.45) is 0 Å². The summed E-state index contributed by atoms with van der Waals surface area (Å²) in [7, 11) is -3.80. The summed E-state index contributed by atoms with van der Waals surface area (Å²) in [5.41, 5.74) is 1.56.